The van der Waals surface area contributed by atoms with E-state index in [4.69, 9.17) is 22.1 Å². The second-order valence-electron chi connectivity index (χ2n) is 5.58. The Hall–Kier alpha value is -1.59. The lowest BCUT2D eigenvalue weighted by Gasteiger charge is -2.31. The average molecular weight is 325 g/mol. The van der Waals surface area contributed by atoms with E-state index in [0.29, 0.717) is 37.1 Å². The molecule has 5 nitrogen and oxygen atoms in total. The smallest absolute Gasteiger partial charge is 0.248 e. The minimum Gasteiger partial charge on any atom is -0.370 e. The third-order valence-corrected chi connectivity index (χ3v) is 4.27. The monoisotopic (exact) mass is 324 g/mol. The van der Waals surface area contributed by atoms with Crippen molar-refractivity contribution in [1.29, 1.82) is 0 Å². The van der Waals surface area contributed by atoms with Crippen LogP contribution in [0.2, 0.25) is 5.02 Å². The number of rotatable bonds is 6. The van der Waals surface area contributed by atoms with Gasteiger partial charge in [0.05, 0.1) is 6.61 Å². The largest absolute Gasteiger partial charge is 0.370 e. The molecule has 6 heteroatoms. The van der Waals surface area contributed by atoms with Gasteiger partial charge in [-0.25, -0.2) is 0 Å². The maximum absolute atomic E-state index is 12.1. The molecule has 1 aliphatic rings. The van der Waals surface area contributed by atoms with Crippen LogP contribution in [0, 0.1) is 5.92 Å². The second-order valence-corrected chi connectivity index (χ2v) is 5.99. The number of carbonyl (C=O) groups excluding carboxylic acids is 2. The molecule has 0 unspecified atom stereocenters. The van der Waals surface area contributed by atoms with Crippen LogP contribution in [-0.4, -0.2) is 36.4 Å². The maximum Gasteiger partial charge on any atom is 0.248 e. The van der Waals surface area contributed by atoms with Crippen molar-refractivity contribution in [3.8, 4) is 0 Å². The van der Waals surface area contributed by atoms with Crippen molar-refractivity contribution in [2.24, 2.45) is 11.7 Å². The number of ether oxygens (including phenoxy) is 1. The zero-order chi connectivity index (χ0) is 15.9. The van der Waals surface area contributed by atoms with Crippen molar-refractivity contribution in [3.05, 3.63) is 34.9 Å². The fourth-order valence-corrected chi connectivity index (χ4v) is 2.82. The first-order valence-electron chi connectivity index (χ1n) is 7.43. The standard InChI is InChI=1S/C16H21ClN2O3/c17-14-4-2-1-3-13(14)10-22-11-16(21)19-7-5-12(6-8-19)9-15(18)20/h1-4,12H,5-11H2,(H2,18,20). The zero-order valence-corrected chi connectivity index (χ0v) is 13.2. The molecular formula is C16H21ClN2O3. The molecule has 1 saturated heterocycles. The van der Waals surface area contributed by atoms with E-state index < -0.39 is 0 Å². The molecule has 0 atom stereocenters. The van der Waals surface area contributed by atoms with E-state index in [1.54, 1.807) is 11.0 Å². The summed E-state index contributed by atoms with van der Waals surface area (Å²) in [6.07, 6.45) is 2.05. The third-order valence-electron chi connectivity index (χ3n) is 3.90. The number of hydrogen-bond acceptors (Lipinski definition) is 3. The Bertz CT molecular complexity index is 528. The molecular weight excluding hydrogens is 304 g/mol. The lowest BCUT2D eigenvalue weighted by Crippen LogP contribution is -2.41. The highest BCUT2D eigenvalue weighted by Gasteiger charge is 2.23. The second kappa shape index (κ2) is 8.15. The predicted octanol–water partition coefficient (Wildman–Crippen LogP) is 1.97. The highest BCUT2D eigenvalue weighted by molar-refractivity contribution is 6.31. The van der Waals surface area contributed by atoms with E-state index >= 15 is 0 Å². The summed E-state index contributed by atoms with van der Waals surface area (Å²) in [5.41, 5.74) is 6.07. The minimum absolute atomic E-state index is 0.0235. The van der Waals surface area contributed by atoms with Crippen LogP contribution in [-0.2, 0) is 20.9 Å². The van der Waals surface area contributed by atoms with E-state index in [1.165, 1.54) is 0 Å². The van der Waals surface area contributed by atoms with E-state index in [-0.39, 0.29) is 18.4 Å². The molecule has 1 fully saturated rings. The molecule has 1 aromatic rings. The Balaban J connectivity index is 1.70. The summed E-state index contributed by atoms with van der Waals surface area (Å²) in [5.74, 6) is 0.00280. The summed E-state index contributed by atoms with van der Waals surface area (Å²) >= 11 is 6.03. The number of piperidine rings is 1. The van der Waals surface area contributed by atoms with Crippen LogP contribution in [0.3, 0.4) is 0 Å². The molecule has 0 spiro atoms. The summed E-state index contributed by atoms with van der Waals surface area (Å²) in [6.45, 7) is 1.69. The SMILES string of the molecule is NC(=O)CC1CCN(C(=O)COCc2ccccc2Cl)CC1. The number of primary amides is 1. The average Bonchev–Trinajstić information content (AvgIpc) is 2.49. The molecule has 0 aliphatic carbocycles. The molecule has 2 rings (SSSR count). The quantitative estimate of drug-likeness (QED) is 0.869. The van der Waals surface area contributed by atoms with Gasteiger partial charge in [0, 0.05) is 24.5 Å². The minimum atomic E-state index is -0.271. The first-order chi connectivity index (χ1) is 10.6. The van der Waals surface area contributed by atoms with Crippen molar-refractivity contribution in [2.75, 3.05) is 19.7 Å². The molecule has 0 aromatic heterocycles. The molecule has 1 aromatic carbocycles. The van der Waals surface area contributed by atoms with Crippen molar-refractivity contribution in [3.63, 3.8) is 0 Å². The Kier molecular flexibility index (Phi) is 6.21. The maximum atomic E-state index is 12.1. The lowest BCUT2D eigenvalue weighted by atomic mass is 9.93. The highest BCUT2D eigenvalue weighted by atomic mass is 35.5. The van der Waals surface area contributed by atoms with Gasteiger partial charge in [-0.15, -0.1) is 0 Å². The number of benzene rings is 1. The van der Waals surface area contributed by atoms with Gasteiger partial charge >= 0.3 is 0 Å². The number of nitrogens with two attached hydrogens (primary N) is 1. The normalized spacial score (nSPS) is 15.8. The van der Waals surface area contributed by atoms with E-state index in [1.807, 2.05) is 18.2 Å². The van der Waals surface area contributed by atoms with Gasteiger partial charge in [0.2, 0.25) is 11.8 Å². The van der Waals surface area contributed by atoms with Crippen LogP contribution in [0.15, 0.2) is 24.3 Å². The highest BCUT2D eigenvalue weighted by Crippen LogP contribution is 2.20. The fourth-order valence-electron chi connectivity index (χ4n) is 2.63. The Morgan fingerprint density at radius 1 is 1.27 bits per heavy atom. The van der Waals surface area contributed by atoms with Crippen molar-refractivity contribution in [2.45, 2.75) is 25.9 Å². The van der Waals surface area contributed by atoms with Crippen molar-refractivity contribution >= 4 is 23.4 Å². The summed E-state index contributed by atoms with van der Waals surface area (Å²) in [4.78, 5) is 24.8. The van der Waals surface area contributed by atoms with Gasteiger partial charge in [0.1, 0.15) is 6.61 Å². The van der Waals surface area contributed by atoms with Gasteiger partial charge in [-0.3, -0.25) is 9.59 Å². The van der Waals surface area contributed by atoms with Crippen LogP contribution >= 0.6 is 11.6 Å². The topological polar surface area (TPSA) is 72.6 Å². The van der Waals surface area contributed by atoms with E-state index in [9.17, 15) is 9.59 Å². The van der Waals surface area contributed by atoms with Gasteiger partial charge in [-0.05, 0) is 30.4 Å². The summed E-state index contributed by atoms with van der Waals surface area (Å²) in [6, 6.07) is 7.41. The molecule has 1 heterocycles. The Morgan fingerprint density at radius 2 is 1.95 bits per heavy atom. The van der Waals surface area contributed by atoms with Gasteiger partial charge < -0.3 is 15.4 Å². The summed E-state index contributed by atoms with van der Waals surface area (Å²) < 4.78 is 5.46. The molecule has 0 radical (unpaired) electrons. The first kappa shape index (κ1) is 16.8. The molecule has 2 amide bonds. The zero-order valence-electron chi connectivity index (χ0n) is 12.5. The Labute approximate surface area is 135 Å². The third kappa shape index (κ3) is 5.00. The molecule has 0 saturated carbocycles. The van der Waals surface area contributed by atoms with Crippen LogP contribution in [0.1, 0.15) is 24.8 Å². The molecule has 1 aliphatic heterocycles. The van der Waals surface area contributed by atoms with Crippen LogP contribution in [0.25, 0.3) is 0 Å². The molecule has 0 bridgehead atoms. The van der Waals surface area contributed by atoms with Gasteiger partial charge in [-0.1, -0.05) is 29.8 Å². The van der Waals surface area contributed by atoms with Crippen LogP contribution in [0.4, 0.5) is 0 Å². The summed E-state index contributed by atoms with van der Waals surface area (Å²) in [5, 5.41) is 0.641. The number of carbonyl (C=O) groups is 2. The van der Waals surface area contributed by atoms with Gasteiger partial charge in [-0.2, -0.15) is 0 Å². The molecule has 120 valence electrons. The van der Waals surface area contributed by atoms with Crippen LogP contribution < -0.4 is 5.73 Å². The number of likely N-dealkylation sites (tertiary alicyclic amines) is 1. The predicted molar refractivity (Wildman–Crippen MR) is 84.2 cm³/mol. The Morgan fingerprint density at radius 3 is 2.59 bits per heavy atom. The number of halogens is 1. The van der Waals surface area contributed by atoms with E-state index in [0.717, 1.165) is 18.4 Å². The first-order valence-corrected chi connectivity index (χ1v) is 7.81. The summed E-state index contributed by atoms with van der Waals surface area (Å²) in [7, 11) is 0. The van der Waals surface area contributed by atoms with Crippen molar-refractivity contribution < 1.29 is 14.3 Å². The van der Waals surface area contributed by atoms with Gasteiger partial charge in [0.25, 0.3) is 0 Å². The lowest BCUT2D eigenvalue weighted by molar-refractivity contribution is -0.138. The van der Waals surface area contributed by atoms with E-state index in [2.05, 4.69) is 0 Å². The number of nitrogens with zero attached hydrogens (tertiary/aromatic N) is 1. The fraction of sp³-hybridized carbons (Fsp3) is 0.500. The number of amides is 2. The van der Waals surface area contributed by atoms with Crippen molar-refractivity contribution in [1.82, 2.24) is 4.90 Å². The number of hydrogen-bond donors (Lipinski definition) is 1. The molecule has 2 N–H and O–H groups in total. The van der Waals surface area contributed by atoms with Crippen LogP contribution in [0.5, 0.6) is 0 Å². The van der Waals surface area contributed by atoms with Gasteiger partial charge in [0.15, 0.2) is 0 Å². The molecule has 22 heavy (non-hydrogen) atoms.